The van der Waals surface area contributed by atoms with E-state index in [1.807, 2.05) is 54.6 Å². The number of anilines is 2. The van der Waals surface area contributed by atoms with E-state index in [1.54, 1.807) is 18.2 Å². The largest absolute Gasteiger partial charge is 0.469 e. The van der Waals surface area contributed by atoms with Crippen molar-refractivity contribution >= 4 is 23.2 Å². The first-order chi connectivity index (χ1) is 16.5. The van der Waals surface area contributed by atoms with E-state index in [1.165, 1.54) is 0 Å². The van der Waals surface area contributed by atoms with Gasteiger partial charge in [-0.15, -0.1) is 0 Å². The van der Waals surface area contributed by atoms with Crippen LogP contribution in [-0.4, -0.2) is 30.1 Å². The fourth-order valence-corrected chi connectivity index (χ4v) is 4.80. The highest BCUT2D eigenvalue weighted by atomic mass is 16.3. The molecule has 34 heavy (non-hydrogen) atoms. The molecular weight excluding hydrogens is 428 g/mol. The quantitative estimate of drug-likeness (QED) is 0.507. The SMILES string of the molecule is CN1C(=O)Cc2ccccc2-c2ccc(NC(=O)[C@H](CC3CC3)[C@@H](O)CCc3ccco3)cc21. The third kappa shape index (κ3) is 4.77. The minimum atomic E-state index is -0.748. The lowest BCUT2D eigenvalue weighted by Gasteiger charge is -2.23. The highest BCUT2D eigenvalue weighted by Gasteiger charge is 2.34. The van der Waals surface area contributed by atoms with Crippen LogP contribution in [0.2, 0.25) is 0 Å². The van der Waals surface area contributed by atoms with Crippen LogP contribution >= 0.6 is 0 Å². The molecule has 0 saturated heterocycles. The van der Waals surface area contributed by atoms with E-state index in [9.17, 15) is 14.7 Å². The van der Waals surface area contributed by atoms with Gasteiger partial charge in [0.2, 0.25) is 11.8 Å². The van der Waals surface area contributed by atoms with Crippen LogP contribution < -0.4 is 10.2 Å². The van der Waals surface area contributed by atoms with Crippen molar-refractivity contribution < 1.29 is 19.1 Å². The molecular formula is C28H30N2O4. The average Bonchev–Trinajstić information content (AvgIpc) is 3.53. The fraction of sp³-hybridized carbons (Fsp3) is 0.357. The lowest BCUT2D eigenvalue weighted by molar-refractivity contribution is -0.124. The van der Waals surface area contributed by atoms with E-state index >= 15 is 0 Å². The molecule has 6 heteroatoms. The maximum Gasteiger partial charge on any atom is 0.231 e. The van der Waals surface area contributed by atoms with Crippen LogP contribution in [0.1, 0.15) is 37.0 Å². The summed E-state index contributed by atoms with van der Waals surface area (Å²) >= 11 is 0. The summed E-state index contributed by atoms with van der Waals surface area (Å²) in [5.74, 6) is 0.655. The van der Waals surface area contributed by atoms with E-state index in [2.05, 4.69) is 5.32 Å². The highest BCUT2D eigenvalue weighted by molar-refractivity contribution is 6.03. The number of amides is 2. The first-order valence-corrected chi connectivity index (χ1v) is 12.0. The number of carbonyl (C=O) groups excluding carboxylic acids is 2. The maximum absolute atomic E-state index is 13.3. The Bertz CT molecular complexity index is 1180. The van der Waals surface area contributed by atoms with Crippen LogP contribution in [0.5, 0.6) is 0 Å². The van der Waals surface area contributed by atoms with Crippen LogP contribution in [0.3, 0.4) is 0 Å². The number of nitrogens with zero attached hydrogens (tertiary/aromatic N) is 1. The molecule has 0 unspecified atom stereocenters. The molecule has 1 aliphatic heterocycles. The van der Waals surface area contributed by atoms with Crippen molar-refractivity contribution in [2.75, 3.05) is 17.3 Å². The van der Waals surface area contributed by atoms with Crippen molar-refractivity contribution in [2.24, 2.45) is 11.8 Å². The number of rotatable bonds is 8. The number of aliphatic hydroxyl groups excluding tert-OH is 1. The number of aryl methyl sites for hydroxylation is 1. The number of nitrogens with one attached hydrogen (secondary N) is 1. The Morgan fingerprint density at radius 1 is 1.15 bits per heavy atom. The summed E-state index contributed by atoms with van der Waals surface area (Å²) in [6.07, 6.45) is 5.18. The summed E-state index contributed by atoms with van der Waals surface area (Å²) < 4.78 is 5.38. The van der Waals surface area contributed by atoms with Crippen molar-refractivity contribution in [1.82, 2.24) is 0 Å². The Balaban J connectivity index is 1.36. The summed E-state index contributed by atoms with van der Waals surface area (Å²) in [5, 5.41) is 13.9. The Kier molecular flexibility index (Phi) is 6.24. The Morgan fingerprint density at radius 3 is 2.74 bits per heavy atom. The number of furan rings is 1. The third-order valence-corrected chi connectivity index (χ3v) is 7.00. The predicted octanol–water partition coefficient (Wildman–Crippen LogP) is 4.81. The molecule has 2 N–H and O–H groups in total. The molecule has 1 fully saturated rings. The predicted molar refractivity (Wildman–Crippen MR) is 131 cm³/mol. The minimum absolute atomic E-state index is 0.00892. The van der Waals surface area contributed by atoms with Gasteiger partial charge in [-0.3, -0.25) is 9.59 Å². The first-order valence-electron chi connectivity index (χ1n) is 12.0. The molecule has 2 aromatic carbocycles. The molecule has 2 amide bonds. The van der Waals surface area contributed by atoms with Gasteiger partial charge in [-0.1, -0.05) is 43.2 Å². The molecule has 3 aromatic rings. The van der Waals surface area contributed by atoms with Gasteiger partial charge in [0.1, 0.15) is 5.76 Å². The summed E-state index contributed by atoms with van der Waals surface area (Å²) in [6.45, 7) is 0. The Morgan fingerprint density at radius 2 is 1.97 bits per heavy atom. The van der Waals surface area contributed by atoms with Gasteiger partial charge in [0.25, 0.3) is 0 Å². The molecule has 2 aliphatic rings. The lowest BCUT2D eigenvalue weighted by Crippen LogP contribution is -2.34. The van der Waals surface area contributed by atoms with Crippen LogP contribution in [0, 0.1) is 11.8 Å². The topological polar surface area (TPSA) is 82.8 Å². The van der Waals surface area contributed by atoms with Gasteiger partial charge in [0.15, 0.2) is 0 Å². The average molecular weight is 459 g/mol. The van der Waals surface area contributed by atoms with Crippen LogP contribution in [0.4, 0.5) is 11.4 Å². The number of aliphatic hydroxyl groups is 1. The van der Waals surface area contributed by atoms with Crippen LogP contribution in [0.25, 0.3) is 11.1 Å². The van der Waals surface area contributed by atoms with Gasteiger partial charge in [-0.25, -0.2) is 0 Å². The van der Waals surface area contributed by atoms with Gasteiger partial charge < -0.3 is 19.7 Å². The zero-order valence-electron chi connectivity index (χ0n) is 19.4. The van der Waals surface area contributed by atoms with Gasteiger partial charge in [-0.05, 0) is 54.2 Å². The van der Waals surface area contributed by atoms with E-state index in [0.717, 1.165) is 41.0 Å². The minimum Gasteiger partial charge on any atom is -0.469 e. The Labute approximate surface area is 199 Å². The molecule has 1 aromatic heterocycles. The zero-order valence-corrected chi connectivity index (χ0v) is 19.4. The van der Waals surface area contributed by atoms with Crippen molar-refractivity contribution in [3.8, 4) is 11.1 Å². The van der Waals surface area contributed by atoms with Gasteiger partial charge >= 0.3 is 0 Å². The van der Waals surface area contributed by atoms with E-state index < -0.39 is 12.0 Å². The van der Waals surface area contributed by atoms with Crippen molar-refractivity contribution in [3.63, 3.8) is 0 Å². The molecule has 176 valence electrons. The fourth-order valence-electron chi connectivity index (χ4n) is 4.80. The second-order valence-electron chi connectivity index (χ2n) is 9.48. The van der Waals surface area contributed by atoms with E-state index in [4.69, 9.17) is 4.42 Å². The maximum atomic E-state index is 13.3. The second-order valence-corrected chi connectivity index (χ2v) is 9.48. The van der Waals surface area contributed by atoms with Crippen LogP contribution in [-0.2, 0) is 22.4 Å². The second kappa shape index (κ2) is 9.47. The molecule has 0 spiro atoms. The van der Waals surface area contributed by atoms with Gasteiger partial charge in [-0.2, -0.15) is 0 Å². The highest BCUT2D eigenvalue weighted by Crippen LogP contribution is 2.39. The van der Waals surface area contributed by atoms with E-state index in [-0.39, 0.29) is 11.8 Å². The number of carbonyl (C=O) groups is 2. The number of benzene rings is 2. The molecule has 2 heterocycles. The molecule has 6 nitrogen and oxygen atoms in total. The van der Waals surface area contributed by atoms with Crippen molar-refractivity contribution in [3.05, 3.63) is 72.2 Å². The van der Waals surface area contributed by atoms with Crippen LogP contribution in [0.15, 0.2) is 65.3 Å². The van der Waals surface area contributed by atoms with Gasteiger partial charge in [0.05, 0.1) is 30.4 Å². The Hall–Kier alpha value is -3.38. The van der Waals surface area contributed by atoms with E-state index in [0.29, 0.717) is 37.3 Å². The molecule has 2 atom stereocenters. The zero-order chi connectivity index (χ0) is 23.7. The molecule has 5 rings (SSSR count). The molecule has 0 bridgehead atoms. The van der Waals surface area contributed by atoms with Crippen molar-refractivity contribution in [1.29, 1.82) is 0 Å². The number of hydrogen-bond acceptors (Lipinski definition) is 4. The number of likely N-dealkylation sites (N-methyl/N-ethyl adjacent to an activating group) is 1. The van der Waals surface area contributed by atoms with Gasteiger partial charge in [0, 0.05) is 24.7 Å². The monoisotopic (exact) mass is 458 g/mol. The number of hydrogen-bond donors (Lipinski definition) is 2. The first kappa shape index (κ1) is 22.4. The number of fused-ring (bicyclic) bond motifs is 3. The molecule has 1 aliphatic carbocycles. The van der Waals surface area contributed by atoms with Crippen molar-refractivity contribution in [2.45, 2.75) is 44.6 Å². The molecule has 0 radical (unpaired) electrons. The summed E-state index contributed by atoms with van der Waals surface area (Å²) in [6, 6.07) is 17.3. The standard InChI is InChI=1S/C28H30N2O4/c1-30-25-17-20(10-12-23(25)22-7-3-2-5-19(22)16-27(30)32)29-28(33)24(15-18-8-9-18)26(31)13-11-21-6-4-14-34-21/h2-7,10,12,14,17-18,24,26,31H,8-9,11,13,15-16H2,1H3,(H,29,33)/t24-,26+/m1/s1. The smallest absolute Gasteiger partial charge is 0.231 e. The molecule has 1 saturated carbocycles. The summed E-state index contributed by atoms with van der Waals surface area (Å²) in [5.41, 5.74) is 4.40. The third-order valence-electron chi connectivity index (χ3n) is 7.00. The summed E-state index contributed by atoms with van der Waals surface area (Å²) in [4.78, 5) is 27.7. The normalized spacial score (nSPS) is 16.9. The lowest BCUT2D eigenvalue weighted by atomic mass is 9.91. The summed E-state index contributed by atoms with van der Waals surface area (Å²) in [7, 11) is 1.77.